The van der Waals surface area contributed by atoms with Crippen LogP contribution >= 0.6 is 12.4 Å². The molecule has 1 aromatic heterocycles. The van der Waals surface area contributed by atoms with Crippen molar-refractivity contribution in [3.8, 4) is 0 Å². The van der Waals surface area contributed by atoms with E-state index in [1.165, 1.54) is 0 Å². The Morgan fingerprint density at radius 3 is 2.76 bits per heavy atom. The van der Waals surface area contributed by atoms with Gasteiger partial charge < -0.3 is 19.8 Å². The lowest BCUT2D eigenvalue weighted by Gasteiger charge is -2.30. The van der Waals surface area contributed by atoms with Gasteiger partial charge in [-0.05, 0) is 38.3 Å². The minimum atomic E-state index is -0.378. The van der Waals surface area contributed by atoms with Crippen LogP contribution < -0.4 is 5.73 Å². The molecule has 3 rings (SSSR count). The van der Waals surface area contributed by atoms with Gasteiger partial charge in [-0.25, -0.2) is 0 Å². The van der Waals surface area contributed by atoms with E-state index < -0.39 is 0 Å². The number of carbonyl (C=O) groups is 1. The third-order valence-corrected chi connectivity index (χ3v) is 4.72. The first kappa shape index (κ1) is 19.8. The van der Waals surface area contributed by atoms with Crippen LogP contribution in [0.5, 0.6) is 0 Å². The molecule has 138 valence electrons. The van der Waals surface area contributed by atoms with Gasteiger partial charge in [-0.2, -0.15) is 0 Å². The third kappa shape index (κ3) is 4.17. The van der Waals surface area contributed by atoms with Crippen molar-refractivity contribution in [2.75, 3.05) is 13.1 Å². The second-order valence-electron chi connectivity index (χ2n) is 6.45. The SMILES string of the molecule is CCCN(C(=O)[C@@H]1CC[C@H](CN)O1)C(C)c1cc2ccccc2o1.Cl. The molecule has 5 nitrogen and oxygen atoms in total. The molecule has 1 aromatic carbocycles. The highest BCUT2D eigenvalue weighted by Crippen LogP contribution is 2.30. The third-order valence-electron chi connectivity index (χ3n) is 4.72. The van der Waals surface area contributed by atoms with Gasteiger partial charge in [-0.1, -0.05) is 25.1 Å². The van der Waals surface area contributed by atoms with E-state index in [4.69, 9.17) is 14.9 Å². The average Bonchev–Trinajstić information content (AvgIpc) is 3.24. The van der Waals surface area contributed by atoms with E-state index in [0.717, 1.165) is 36.0 Å². The highest BCUT2D eigenvalue weighted by molar-refractivity contribution is 5.85. The minimum Gasteiger partial charge on any atom is -0.459 e. The molecule has 1 amide bonds. The first-order valence-electron chi connectivity index (χ1n) is 8.78. The van der Waals surface area contributed by atoms with Crippen LogP contribution in [0.1, 0.15) is 44.9 Å². The van der Waals surface area contributed by atoms with Crippen LogP contribution in [0.25, 0.3) is 11.0 Å². The van der Waals surface area contributed by atoms with Gasteiger partial charge in [0.2, 0.25) is 0 Å². The molecule has 1 aliphatic heterocycles. The van der Waals surface area contributed by atoms with Gasteiger partial charge in [-0.15, -0.1) is 12.4 Å². The molecule has 0 saturated carbocycles. The van der Waals surface area contributed by atoms with Crippen molar-refractivity contribution in [2.24, 2.45) is 5.73 Å². The first-order chi connectivity index (χ1) is 11.6. The van der Waals surface area contributed by atoms with Gasteiger partial charge in [0.25, 0.3) is 5.91 Å². The van der Waals surface area contributed by atoms with E-state index in [1.807, 2.05) is 42.2 Å². The summed E-state index contributed by atoms with van der Waals surface area (Å²) in [5.41, 5.74) is 6.51. The van der Waals surface area contributed by atoms with Crippen LogP contribution in [0.3, 0.4) is 0 Å². The number of para-hydroxylation sites is 1. The van der Waals surface area contributed by atoms with E-state index in [9.17, 15) is 4.79 Å². The van der Waals surface area contributed by atoms with Crippen LogP contribution in [0.2, 0.25) is 0 Å². The van der Waals surface area contributed by atoms with Crippen LogP contribution in [0.15, 0.2) is 34.7 Å². The summed E-state index contributed by atoms with van der Waals surface area (Å²) >= 11 is 0. The fourth-order valence-electron chi connectivity index (χ4n) is 3.34. The number of hydrogen-bond donors (Lipinski definition) is 1. The Kier molecular flexibility index (Phi) is 6.87. The normalized spacial score (nSPS) is 21.1. The lowest BCUT2D eigenvalue weighted by atomic mass is 10.1. The lowest BCUT2D eigenvalue weighted by molar-refractivity contribution is -0.145. The Hall–Kier alpha value is -1.56. The van der Waals surface area contributed by atoms with E-state index in [0.29, 0.717) is 13.1 Å². The summed E-state index contributed by atoms with van der Waals surface area (Å²) in [5, 5.41) is 1.06. The number of benzene rings is 1. The maximum Gasteiger partial charge on any atom is 0.252 e. The van der Waals surface area contributed by atoms with Gasteiger partial charge in [0.05, 0.1) is 12.1 Å². The summed E-state index contributed by atoms with van der Waals surface area (Å²) in [4.78, 5) is 14.8. The summed E-state index contributed by atoms with van der Waals surface area (Å²) in [6, 6.07) is 9.81. The number of hydrogen-bond acceptors (Lipinski definition) is 4. The van der Waals surface area contributed by atoms with Gasteiger partial charge in [0, 0.05) is 18.5 Å². The number of furan rings is 1. The zero-order valence-electron chi connectivity index (χ0n) is 14.8. The Bertz CT molecular complexity index is 670. The predicted octanol–water partition coefficient (Wildman–Crippen LogP) is 3.66. The van der Waals surface area contributed by atoms with Crippen molar-refractivity contribution in [1.29, 1.82) is 0 Å². The Morgan fingerprint density at radius 1 is 1.36 bits per heavy atom. The molecular weight excluding hydrogens is 340 g/mol. The van der Waals surface area contributed by atoms with Crippen molar-refractivity contribution in [1.82, 2.24) is 4.90 Å². The number of ether oxygens (including phenoxy) is 1. The largest absolute Gasteiger partial charge is 0.459 e. The molecule has 1 fully saturated rings. The number of nitrogens with zero attached hydrogens (tertiary/aromatic N) is 1. The van der Waals surface area contributed by atoms with Crippen molar-refractivity contribution in [2.45, 2.75) is 51.4 Å². The van der Waals surface area contributed by atoms with Crippen LogP contribution in [-0.4, -0.2) is 36.1 Å². The fourth-order valence-corrected chi connectivity index (χ4v) is 3.34. The molecule has 2 heterocycles. The molecule has 3 atom stereocenters. The summed E-state index contributed by atoms with van der Waals surface area (Å²) in [5.74, 6) is 0.854. The monoisotopic (exact) mass is 366 g/mol. The quantitative estimate of drug-likeness (QED) is 0.847. The zero-order valence-corrected chi connectivity index (χ0v) is 15.6. The predicted molar refractivity (Wildman–Crippen MR) is 101 cm³/mol. The first-order valence-corrected chi connectivity index (χ1v) is 8.78. The molecule has 6 heteroatoms. The molecule has 1 saturated heterocycles. The van der Waals surface area contributed by atoms with Crippen LogP contribution in [0, 0.1) is 0 Å². The van der Waals surface area contributed by atoms with Gasteiger partial charge in [-0.3, -0.25) is 4.79 Å². The van der Waals surface area contributed by atoms with Crippen LogP contribution in [0.4, 0.5) is 0 Å². The second-order valence-corrected chi connectivity index (χ2v) is 6.45. The molecule has 1 unspecified atom stereocenters. The van der Waals surface area contributed by atoms with E-state index in [2.05, 4.69) is 6.92 Å². The molecule has 25 heavy (non-hydrogen) atoms. The van der Waals surface area contributed by atoms with E-state index in [1.54, 1.807) is 0 Å². The highest BCUT2D eigenvalue weighted by atomic mass is 35.5. The molecule has 2 aromatic rings. The number of carbonyl (C=O) groups excluding carboxylic acids is 1. The maximum atomic E-state index is 12.9. The van der Waals surface area contributed by atoms with E-state index >= 15 is 0 Å². The Morgan fingerprint density at radius 2 is 2.12 bits per heavy atom. The molecule has 0 radical (unpaired) electrons. The van der Waals surface area contributed by atoms with Gasteiger partial charge in [0.1, 0.15) is 17.4 Å². The smallest absolute Gasteiger partial charge is 0.252 e. The number of fused-ring (bicyclic) bond motifs is 1. The highest BCUT2D eigenvalue weighted by Gasteiger charge is 2.35. The zero-order chi connectivity index (χ0) is 17.1. The summed E-state index contributed by atoms with van der Waals surface area (Å²) in [6.45, 7) is 5.24. The molecule has 0 aliphatic carbocycles. The number of amides is 1. The summed E-state index contributed by atoms with van der Waals surface area (Å²) < 4.78 is 11.8. The van der Waals surface area contributed by atoms with Crippen molar-refractivity contribution < 1.29 is 13.9 Å². The molecular formula is C19H27ClN2O3. The summed E-state index contributed by atoms with van der Waals surface area (Å²) in [7, 11) is 0. The lowest BCUT2D eigenvalue weighted by Crippen LogP contribution is -2.41. The Balaban J connectivity index is 0.00000225. The summed E-state index contributed by atoms with van der Waals surface area (Å²) in [6.07, 6.45) is 2.11. The average molecular weight is 367 g/mol. The van der Waals surface area contributed by atoms with Crippen molar-refractivity contribution in [3.05, 3.63) is 36.1 Å². The topological polar surface area (TPSA) is 68.7 Å². The number of rotatable bonds is 6. The van der Waals surface area contributed by atoms with Crippen molar-refractivity contribution >= 4 is 29.3 Å². The molecule has 0 spiro atoms. The van der Waals surface area contributed by atoms with Gasteiger partial charge in [0.15, 0.2) is 0 Å². The van der Waals surface area contributed by atoms with Gasteiger partial charge >= 0.3 is 0 Å². The standard InChI is InChI=1S/C19H26N2O3.ClH/c1-3-10-21(19(22)17-9-8-15(12-20)23-17)13(2)18-11-14-6-4-5-7-16(14)24-18;/h4-7,11,13,15,17H,3,8-10,12,20H2,1-2H3;1H/t13?,15-,17+;/m1./s1. The van der Waals surface area contributed by atoms with E-state index in [-0.39, 0.29) is 36.6 Å². The number of nitrogens with two attached hydrogens (primary N) is 1. The fraction of sp³-hybridized carbons (Fsp3) is 0.526. The molecule has 0 bridgehead atoms. The van der Waals surface area contributed by atoms with Crippen molar-refractivity contribution in [3.63, 3.8) is 0 Å². The number of halogens is 1. The minimum absolute atomic E-state index is 0. The molecule has 2 N–H and O–H groups in total. The Labute approximate surface area is 154 Å². The maximum absolute atomic E-state index is 12.9. The second kappa shape index (κ2) is 8.70. The molecule has 1 aliphatic rings. The van der Waals surface area contributed by atoms with Crippen LogP contribution in [-0.2, 0) is 9.53 Å².